The molecule has 0 saturated carbocycles. The predicted octanol–water partition coefficient (Wildman–Crippen LogP) is 6.05. The van der Waals surface area contributed by atoms with Gasteiger partial charge in [-0.05, 0) is 35.9 Å². The summed E-state index contributed by atoms with van der Waals surface area (Å²) in [5.41, 5.74) is 1.31. The fourth-order valence-corrected chi connectivity index (χ4v) is 3.92. The summed E-state index contributed by atoms with van der Waals surface area (Å²) in [6.07, 6.45) is 1.69. The number of thioether (sulfide) groups is 1. The van der Waals surface area contributed by atoms with Crippen LogP contribution in [-0.2, 0) is 4.79 Å². The number of hydrogen-bond acceptors (Lipinski definition) is 3. The van der Waals surface area contributed by atoms with Crippen molar-refractivity contribution in [1.29, 1.82) is 0 Å². The third-order valence-corrected chi connectivity index (χ3v) is 5.50. The molecule has 2 aromatic carbocycles. The van der Waals surface area contributed by atoms with E-state index in [-0.39, 0.29) is 5.91 Å². The Morgan fingerprint density at radius 3 is 2.57 bits per heavy atom. The Labute approximate surface area is 158 Å². The van der Waals surface area contributed by atoms with Gasteiger partial charge in [-0.25, -0.2) is 0 Å². The molecule has 0 radical (unpaired) electrons. The minimum Gasteiger partial charge on any atom is -0.268 e. The highest BCUT2D eigenvalue weighted by Crippen LogP contribution is 2.38. The number of rotatable bonds is 2. The molecule has 0 aromatic heterocycles. The summed E-state index contributed by atoms with van der Waals surface area (Å²) in [7, 11) is 0. The zero-order chi connectivity index (χ0) is 16.6. The van der Waals surface area contributed by atoms with Gasteiger partial charge in [-0.1, -0.05) is 77.0 Å². The molecule has 0 aliphatic carbocycles. The number of carbonyl (C=O) groups excluding carboxylic acids is 1. The molecular formula is C16H8Cl3NOS2. The van der Waals surface area contributed by atoms with E-state index in [0.29, 0.717) is 35.5 Å². The maximum atomic E-state index is 12.7. The molecule has 7 heteroatoms. The largest absolute Gasteiger partial charge is 0.270 e. The lowest BCUT2D eigenvalue weighted by atomic mass is 10.2. The summed E-state index contributed by atoms with van der Waals surface area (Å²) in [5, 5.41) is 1.38. The van der Waals surface area contributed by atoms with E-state index in [1.54, 1.807) is 48.5 Å². The molecule has 1 saturated heterocycles. The maximum absolute atomic E-state index is 12.7. The highest BCUT2D eigenvalue weighted by Gasteiger charge is 2.33. The molecule has 23 heavy (non-hydrogen) atoms. The third-order valence-electron chi connectivity index (χ3n) is 3.13. The number of hydrogen-bond donors (Lipinski definition) is 0. The quantitative estimate of drug-likeness (QED) is 0.452. The minimum absolute atomic E-state index is 0.210. The van der Waals surface area contributed by atoms with Gasteiger partial charge in [0, 0.05) is 5.02 Å². The lowest BCUT2D eigenvalue weighted by Gasteiger charge is -2.14. The number of benzene rings is 2. The number of carbonyl (C=O) groups is 1. The number of nitrogens with zero attached hydrogens (tertiary/aromatic N) is 1. The Hall–Kier alpha value is -1.04. The normalized spacial score (nSPS) is 16.5. The van der Waals surface area contributed by atoms with Crippen molar-refractivity contribution in [1.82, 2.24) is 0 Å². The second-order valence-corrected chi connectivity index (χ2v) is 7.54. The summed E-state index contributed by atoms with van der Waals surface area (Å²) in [4.78, 5) is 14.6. The average Bonchev–Trinajstić information content (AvgIpc) is 2.78. The lowest BCUT2D eigenvalue weighted by Crippen LogP contribution is -2.27. The molecule has 0 unspecified atom stereocenters. The van der Waals surface area contributed by atoms with Crippen molar-refractivity contribution in [2.75, 3.05) is 4.90 Å². The van der Waals surface area contributed by atoms with Crippen molar-refractivity contribution in [3.8, 4) is 0 Å². The van der Waals surface area contributed by atoms with Gasteiger partial charge >= 0.3 is 0 Å². The van der Waals surface area contributed by atoms with Gasteiger partial charge in [-0.15, -0.1) is 0 Å². The maximum Gasteiger partial charge on any atom is 0.270 e. The van der Waals surface area contributed by atoms with Crippen LogP contribution in [0.15, 0.2) is 47.4 Å². The number of amides is 1. The molecular weight excluding hydrogens is 393 g/mol. The van der Waals surface area contributed by atoms with Gasteiger partial charge in [0.2, 0.25) is 0 Å². The van der Waals surface area contributed by atoms with Gasteiger partial charge in [0.25, 0.3) is 5.91 Å². The highest BCUT2D eigenvalue weighted by molar-refractivity contribution is 8.27. The number of thiocarbonyl (C=S) groups is 1. The van der Waals surface area contributed by atoms with Crippen molar-refractivity contribution in [2.45, 2.75) is 0 Å². The molecule has 1 aliphatic rings. The van der Waals surface area contributed by atoms with Crippen LogP contribution in [0.25, 0.3) is 6.08 Å². The van der Waals surface area contributed by atoms with Gasteiger partial charge in [0.05, 0.1) is 20.6 Å². The molecule has 2 aromatic rings. The van der Waals surface area contributed by atoms with E-state index in [9.17, 15) is 4.79 Å². The summed E-state index contributed by atoms with van der Waals surface area (Å²) >= 11 is 24.7. The Morgan fingerprint density at radius 2 is 1.83 bits per heavy atom. The number of halogens is 3. The lowest BCUT2D eigenvalue weighted by molar-refractivity contribution is -0.113. The third kappa shape index (κ3) is 3.42. The standard InChI is InChI=1S/C16H8Cl3NOS2/c17-10-4-2-5-11(8-10)20-15(21)13(23-16(20)22)7-9-3-1-6-12(18)14(9)19/h1-8H/b13-7-. The van der Waals surface area contributed by atoms with Crippen LogP contribution < -0.4 is 4.90 Å². The van der Waals surface area contributed by atoms with Crippen LogP contribution in [0.4, 0.5) is 5.69 Å². The van der Waals surface area contributed by atoms with E-state index in [0.717, 1.165) is 0 Å². The second kappa shape index (κ2) is 6.83. The molecule has 2 nitrogen and oxygen atoms in total. The predicted molar refractivity (Wildman–Crippen MR) is 104 cm³/mol. The Kier molecular flexibility index (Phi) is 4.99. The second-order valence-electron chi connectivity index (χ2n) is 4.64. The summed E-state index contributed by atoms with van der Waals surface area (Å²) in [6.45, 7) is 0. The fourth-order valence-electron chi connectivity index (χ4n) is 2.08. The van der Waals surface area contributed by atoms with Crippen LogP contribution in [0.2, 0.25) is 15.1 Å². The monoisotopic (exact) mass is 399 g/mol. The zero-order valence-electron chi connectivity index (χ0n) is 11.4. The van der Waals surface area contributed by atoms with E-state index in [1.807, 2.05) is 0 Å². The van der Waals surface area contributed by atoms with Crippen molar-refractivity contribution in [3.05, 3.63) is 68.0 Å². The highest BCUT2D eigenvalue weighted by atomic mass is 35.5. The molecule has 1 aliphatic heterocycles. The van der Waals surface area contributed by atoms with Crippen LogP contribution in [0.3, 0.4) is 0 Å². The summed E-state index contributed by atoms with van der Waals surface area (Å²) in [6, 6.07) is 12.3. The van der Waals surface area contributed by atoms with Crippen LogP contribution >= 0.6 is 58.8 Å². The van der Waals surface area contributed by atoms with E-state index >= 15 is 0 Å². The average molecular weight is 401 g/mol. The van der Waals surface area contributed by atoms with Crippen LogP contribution in [0.1, 0.15) is 5.56 Å². The van der Waals surface area contributed by atoms with Gasteiger partial charge in [0.15, 0.2) is 4.32 Å². The smallest absolute Gasteiger partial charge is 0.268 e. The molecule has 3 rings (SSSR count). The van der Waals surface area contributed by atoms with Crippen LogP contribution in [0.5, 0.6) is 0 Å². The van der Waals surface area contributed by atoms with Crippen LogP contribution in [0, 0.1) is 0 Å². The fraction of sp³-hybridized carbons (Fsp3) is 0. The van der Waals surface area contributed by atoms with Crippen LogP contribution in [-0.4, -0.2) is 10.2 Å². The zero-order valence-corrected chi connectivity index (χ0v) is 15.3. The van der Waals surface area contributed by atoms with Crippen molar-refractivity contribution in [2.24, 2.45) is 0 Å². The van der Waals surface area contributed by atoms with Crippen molar-refractivity contribution in [3.63, 3.8) is 0 Å². The summed E-state index contributed by atoms with van der Waals surface area (Å²) in [5.74, 6) is -0.210. The summed E-state index contributed by atoms with van der Waals surface area (Å²) < 4.78 is 0.446. The van der Waals surface area contributed by atoms with Gasteiger partial charge in [-0.3, -0.25) is 9.69 Å². The molecule has 1 amide bonds. The Balaban J connectivity index is 1.98. The minimum atomic E-state index is -0.210. The topological polar surface area (TPSA) is 20.3 Å². The van der Waals surface area contributed by atoms with Gasteiger partial charge < -0.3 is 0 Å². The SMILES string of the molecule is O=C1/C(=C/c2cccc(Cl)c2Cl)SC(=S)N1c1cccc(Cl)c1. The first-order valence-electron chi connectivity index (χ1n) is 6.45. The van der Waals surface area contributed by atoms with Crippen molar-refractivity contribution < 1.29 is 4.79 Å². The van der Waals surface area contributed by atoms with E-state index in [4.69, 9.17) is 47.0 Å². The van der Waals surface area contributed by atoms with E-state index in [1.165, 1.54) is 16.7 Å². The first-order chi connectivity index (χ1) is 11.0. The Morgan fingerprint density at radius 1 is 1.09 bits per heavy atom. The first-order valence-corrected chi connectivity index (χ1v) is 8.81. The molecule has 1 heterocycles. The first kappa shape index (κ1) is 16.8. The molecule has 1 fully saturated rings. The molecule has 0 bridgehead atoms. The molecule has 0 N–H and O–H groups in total. The number of anilines is 1. The molecule has 0 spiro atoms. The van der Waals surface area contributed by atoms with Gasteiger partial charge in [0.1, 0.15) is 0 Å². The van der Waals surface area contributed by atoms with E-state index in [2.05, 4.69) is 0 Å². The Bertz CT molecular complexity index is 851. The van der Waals surface area contributed by atoms with Gasteiger partial charge in [-0.2, -0.15) is 0 Å². The van der Waals surface area contributed by atoms with Crippen molar-refractivity contribution >= 4 is 80.8 Å². The molecule has 0 atom stereocenters. The van der Waals surface area contributed by atoms with E-state index < -0.39 is 0 Å². The molecule has 116 valence electrons.